The van der Waals surface area contributed by atoms with E-state index in [-0.39, 0.29) is 11.7 Å². The highest BCUT2D eigenvalue weighted by molar-refractivity contribution is 7.80. The van der Waals surface area contributed by atoms with Gasteiger partial charge in [-0.2, -0.15) is 0 Å². The summed E-state index contributed by atoms with van der Waals surface area (Å²) in [4.78, 5) is 14.8. The van der Waals surface area contributed by atoms with E-state index in [0.717, 1.165) is 34.2 Å². The predicted octanol–water partition coefficient (Wildman–Crippen LogP) is 6.05. The summed E-state index contributed by atoms with van der Waals surface area (Å²) in [5.74, 6) is 0.264. The Bertz CT molecular complexity index is 1490. The molecule has 0 radical (unpaired) electrons. The second kappa shape index (κ2) is 9.95. The number of hydrogen-bond acceptors (Lipinski definition) is 3. The summed E-state index contributed by atoms with van der Waals surface area (Å²) in [6.45, 7) is 4.98. The molecule has 0 atom stereocenters. The number of rotatable bonds is 7. The van der Waals surface area contributed by atoms with Crippen LogP contribution in [-0.4, -0.2) is 22.2 Å². The quantitative estimate of drug-likeness (QED) is 0.248. The Morgan fingerprint density at radius 3 is 2.47 bits per heavy atom. The fourth-order valence-electron chi connectivity index (χ4n) is 4.58. The first-order chi connectivity index (χ1) is 17.5. The molecule has 0 unspecified atom stereocenters. The highest BCUT2D eigenvalue weighted by Crippen LogP contribution is 2.30. The lowest BCUT2D eigenvalue weighted by atomic mass is 10.1. The van der Waals surface area contributed by atoms with Crippen LogP contribution >= 0.6 is 12.2 Å². The molecule has 2 heterocycles. The van der Waals surface area contributed by atoms with Crippen molar-refractivity contribution in [3.8, 4) is 5.75 Å². The van der Waals surface area contributed by atoms with Gasteiger partial charge in [0.2, 0.25) is 0 Å². The van der Waals surface area contributed by atoms with Crippen molar-refractivity contribution in [3.05, 3.63) is 101 Å². The Morgan fingerprint density at radius 2 is 1.75 bits per heavy atom. The summed E-state index contributed by atoms with van der Waals surface area (Å²) in [6, 6.07) is 20.2. The third kappa shape index (κ3) is 4.38. The van der Waals surface area contributed by atoms with Gasteiger partial charge in [0.15, 0.2) is 5.11 Å². The van der Waals surface area contributed by atoms with Crippen molar-refractivity contribution in [2.75, 3.05) is 11.5 Å². The van der Waals surface area contributed by atoms with Crippen molar-refractivity contribution >= 4 is 45.9 Å². The minimum Gasteiger partial charge on any atom is -0.494 e. The topological polar surface area (TPSA) is 46.5 Å². The van der Waals surface area contributed by atoms with Crippen LogP contribution in [0, 0.1) is 5.82 Å². The van der Waals surface area contributed by atoms with Gasteiger partial charge in [0.1, 0.15) is 17.3 Å². The third-order valence-electron chi connectivity index (χ3n) is 6.28. The van der Waals surface area contributed by atoms with Crippen molar-refractivity contribution < 1.29 is 13.9 Å². The monoisotopic (exact) mass is 499 g/mol. The number of carbonyl (C=O) groups excluding carboxylic acids is 1. The zero-order valence-corrected chi connectivity index (χ0v) is 20.9. The Balaban J connectivity index is 1.53. The van der Waals surface area contributed by atoms with E-state index in [4.69, 9.17) is 17.0 Å². The zero-order valence-electron chi connectivity index (χ0n) is 20.1. The summed E-state index contributed by atoms with van der Waals surface area (Å²) >= 11 is 5.49. The van der Waals surface area contributed by atoms with Gasteiger partial charge >= 0.3 is 0 Å². The van der Waals surface area contributed by atoms with E-state index in [1.54, 1.807) is 12.1 Å². The molecule has 1 saturated heterocycles. The number of nitrogens with zero attached hydrogens (tertiary/aromatic N) is 2. The zero-order chi connectivity index (χ0) is 25.2. The smallest absolute Gasteiger partial charge is 0.281 e. The molecule has 1 aliphatic rings. The van der Waals surface area contributed by atoms with Crippen molar-refractivity contribution in [1.82, 2.24) is 9.88 Å². The molecule has 7 heteroatoms. The second-order valence-electron chi connectivity index (χ2n) is 8.53. The summed E-state index contributed by atoms with van der Waals surface area (Å²) < 4.78 is 22.0. The number of fused-ring (bicyclic) bond motifs is 1. The van der Waals surface area contributed by atoms with E-state index >= 15 is 0 Å². The predicted molar refractivity (Wildman–Crippen MR) is 146 cm³/mol. The molecule has 1 amide bonds. The van der Waals surface area contributed by atoms with Crippen molar-refractivity contribution in [3.63, 3.8) is 0 Å². The standard InChI is InChI=1S/C29H26FN3O2S/c1-3-19-9-7-10-24-21(18-32(27(19)24)17-20-8-5-6-11-25(20)30)16-26-28(34)33(29(36)31-26)22-12-14-23(15-13-22)35-4-2/h5-16,18H,3-4,17H2,1-2H3,(H,31,36)/b26-16-. The van der Waals surface area contributed by atoms with Gasteiger partial charge in [0.25, 0.3) is 5.91 Å². The lowest BCUT2D eigenvalue weighted by molar-refractivity contribution is -0.113. The molecule has 0 aliphatic carbocycles. The van der Waals surface area contributed by atoms with Crippen LogP contribution in [0.3, 0.4) is 0 Å². The molecule has 1 aromatic heterocycles. The molecule has 0 spiro atoms. The number of nitrogens with one attached hydrogen (secondary N) is 1. The molecule has 1 N–H and O–H groups in total. The lowest BCUT2D eigenvalue weighted by Gasteiger charge is -2.14. The Labute approximate surface area is 214 Å². The van der Waals surface area contributed by atoms with Gasteiger partial charge in [-0.1, -0.05) is 43.3 Å². The number of carbonyl (C=O) groups is 1. The minimum absolute atomic E-state index is 0.231. The number of aryl methyl sites for hydroxylation is 1. The maximum atomic E-state index is 14.5. The van der Waals surface area contributed by atoms with Crippen LogP contribution in [0.1, 0.15) is 30.5 Å². The van der Waals surface area contributed by atoms with Crippen LogP contribution in [0.5, 0.6) is 5.75 Å². The minimum atomic E-state index is -0.239. The van der Waals surface area contributed by atoms with Crippen LogP contribution in [0.15, 0.2) is 78.6 Å². The number of halogens is 1. The summed E-state index contributed by atoms with van der Waals surface area (Å²) in [5, 5.41) is 4.39. The largest absolute Gasteiger partial charge is 0.494 e. The van der Waals surface area contributed by atoms with E-state index in [9.17, 15) is 9.18 Å². The fourth-order valence-corrected chi connectivity index (χ4v) is 4.88. The SMILES string of the molecule is CCOc1ccc(N2C(=O)/C(=C/c3cn(Cc4ccccc4F)c4c(CC)cccc34)NC2=S)cc1. The second-order valence-corrected chi connectivity index (χ2v) is 8.91. The number of amides is 1. The summed E-state index contributed by atoms with van der Waals surface area (Å²) in [5.41, 5.74) is 4.72. The maximum Gasteiger partial charge on any atom is 0.281 e. The van der Waals surface area contributed by atoms with Crippen LogP contribution < -0.4 is 15.0 Å². The molecule has 182 valence electrons. The van der Waals surface area contributed by atoms with Crippen molar-refractivity contribution in [2.45, 2.75) is 26.8 Å². The average molecular weight is 500 g/mol. The molecule has 4 aromatic rings. The number of ether oxygens (including phenoxy) is 1. The van der Waals surface area contributed by atoms with E-state index < -0.39 is 0 Å². The highest BCUT2D eigenvalue weighted by Gasteiger charge is 2.32. The number of benzene rings is 3. The molecule has 0 bridgehead atoms. The fraction of sp³-hybridized carbons (Fsp3) is 0.172. The van der Waals surface area contributed by atoms with E-state index in [1.807, 2.05) is 61.7 Å². The van der Waals surface area contributed by atoms with E-state index in [0.29, 0.717) is 35.2 Å². The Morgan fingerprint density at radius 1 is 1.00 bits per heavy atom. The van der Waals surface area contributed by atoms with Gasteiger partial charge in [0, 0.05) is 22.7 Å². The number of thiocarbonyl (C=S) groups is 1. The van der Waals surface area contributed by atoms with E-state index in [2.05, 4.69) is 22.9 Å². The molecular formula is C29H26FN3O2S. The first kappa shape index (κ1) is 23.8. The number of para-hydroxylation sites is 1. The molecule has 3 aromatic carbocycles. The maximum absolute atomic E-state index is 14.5. The third-order valence-corrected chi connectivity index (χ3v) is 6.56. The Hall–Kier alpha value is -3.97. The molecule has 1 aliphatic heterocycles. The van der Waals surface area contributed by atoms with Gasteiger partial charge in [-0.3, -0.25) is 9.69 Å². The molecule has 0 saturated carbocycles. The Kier molecular flexibility index (Phi) is 6.57. The number of aromatic nitrogens is 1. The van der Waals surface area contributed by atoms with Gasteiger partial charge in [-0.15, -0.1) is 0 Å². The van der Waals surface area contributed by atoms with Gasteiger partial charge in [-0.05, 0) is 67.5 Å². The van der Waals surface area contributed by atoms with Gasteiger partial charge < -0.3 is 14.6 Å². The van der Waals surface area contributed by atoms with Crippen LogP contribution in [0.25, 0.3) is 17.0 Å². The average Bonchev–Trinajstić information content (AvgIpc) is 3.37. The van der Waals surface area contributed by atoms with Crippen LogP contribution in [0.4, 0.5) is 10.1 Å². The molecule has 1 fully saturated rings. The van der Waals surface area contributed by atoms with Crippen molar-refractivity contribution in [1.29, 1.82) is 0 Å². The number of hydrogen-bond donors (Lipinski definition) is 1. The first-order valence-corrected chi connectivity index (χ1v) is 12.3. The summed E-state index contributed by atoms with van der Waals surface area (Å²) in [7, 11) is 0. The summed E-state index contributed by atoms with van der Waals surface area (Å²) in [6.07, 6.45) is 4.63. The molecule has 36 heavy (non-hydrogen) atoms. The first-order valence-electron chi connectivity index (χ1n) is 11.9. The van der Waals surface area contributed by atoms with E-state index in [1.165, 1.54) is 11.0 Å². The highest BCUT2D eigenvalue weighted by atomic mass is 32.1. The normalized spacial score (nSPS) is 14.6. The van der Waals surface area contributed by atoms with Crippen molar-refractivity contribution in [2.24, 2.45) is 0 Å². The van der Waals surface area contributed by atoms with Crippen LogP contribution in [0.2, 0.25) is 0 Å². The molecular weight excluding hydrogens is 473 g/mol. The molecule has 5 nitrogen and oxygen atoms in total. The van der Waals surface area contributed by atoms with Crippen LogP contribution in [-0.2, 0) is 17.8 Å². The van der Waals surface area contributed by atoms with Gasteiger partial charge in [0.05, 0.1) is 24.4 Å². The lowest BCUT2D eigenvalue weighted by Crippen LogP contribution is -2.30. The number of anilines is 1. The molecule has 5 rings (SSSR count). The van der Waals surface area contributed by atoms with Gasteiger partial charge in [-0.25, -0.2) is 4.39 Å².